The van der Waals surface area contributed by atoms with Crippen molar-refractivity contribution in [2.75, 3.05) is 0 Å². The lowest BCUT2D eigenvalue weighted by Crippen LogP contribution is -2.56. The lowest BCUT2D eigenvalue weighted by Gasteiger charge is -2.39. The number of carboxylic acids is 1. The summed E-state index contributed by atoms with van der Waals surface area (Å²) >= 11 is 0. The number of nitrogens with one attached hydrogen (secondary N) is 1. The Morgan fingerprint density at radius 2 is 1.81 bits per heavy atom. The molecule has 3 rings (SSSR count). The third-order valence-corrected chi connectivity index (χ3v) is 5.97. The maximum Gasteiger partial charge on any atom is 0.305 e. The first-order chi connectivity index (χ1) is 10.0. The lowest BCUT2D eigenvalue weighted by atomic mass is 9.77. The van der Waals surface area contributed by atoms with Crippen LogP contribution in [0.5, 0.6) is 0 Å². The van der Waals surface area contributed by atoms with Gasteiger partial charge in [0.1, 0.15) is 0 Å². The van der Waals surface area contributed by atoms with Crippen LogP contribution in [0.4, 0.5) is 0 Å². The number of carbonyl (C=O) groups excluding carboxylic acids is 1. The maximum absolute atomic E-state index is 12.7. The number of fused-ring (bicyclic) bond motifs is 2. The van der Waals surface area contributed by atoms with Crippen molar-refractivity contribution >= 4 is 11.9 Å². The fraction of sp³-hybridized carbons (Fsp3) is 0.875. The van der Waals surface area contributed by atoms with Crippen molar-refractivity contribution in [1.82, 2.24) is 5.32 Å². The summed E-state index contributed by atoms with van der Waals surface area (Å²) in [7, 11) is 0. The molecule has 4 N–H and O–H groups in total. The van der Waals surface area contributed by atoms with E-state index in [2.05, 4.69) is 5.32 Å². The summed E-state index contributed by atoms with van der Waals surface area (Å²) in [5, 5.41) is 12.3. The van der Waals surface area contributed by atoms with Crippen LogP contribution in [-0.2, 0) is 9.59 Å². The van der Waals surface area contributed by atoms with Crippen LogP contribution in [0.1, 0.15) is 57.8 Å². The zero-order valence-corrected chi connectivity index (χ0v) is 12.5. The summed E-state index contributed by atoms with van der Waals surface area (Å²) in [5.41, 5.74) is 5.70. The van der Waals surface area contributed by atoms with Gasteiger partial charge in [-0.05, 0) is 43.9 Å². The van der Waals surface area contributed by atoms with E-state index in [1.807, 2.05) is 0 Å². The fourth-order valence-electron chi connectivity index (χ4n) is 4.93. The molecule has 0 aromatic rings. The third-order valence-electron chi connectivity index (χ3n) is 5.97. The van der Waals surface area contributed by atoms with Gasteiger partial charge in [0, 0.05) is 6.04 Å². The van der Waals surface area contributed by atoms with E-state index in [0.717, 1.165) is 51.4 Å². The Morgan fingerprint density at radius 3 is 2.38 bits per heavy atom. The first-order valence-electron chi connectivity index (χ1n) is 8.30. The van der Waals surface area contributed by atoms with Gasteiger partial charge in [-0.1, -0.05) is 19.3 Å². The van der Waals surface area contributed by atoms with Gasteiger partial charge < -0.3 is 16.2 Å². The topological polar surface area (TPSA) is 92.4 Å². The van der Waals surface area contributed by atoms with Gasteiger partial charge in [-0.3, -0.25) is 9.59 Å². The highest BCUT2D eigenvalue weighted by molar-refractivity contribution is 5.82. The van der Waals surface area contributed by atoms with Crippen molar-refractivity contribution in [2.45, 2.75) is 69.4 Å². The van der Waals surface area contributed by atoms with E-state index in [9.17, 15) is 14.7 Å². The molecule has 0 saturated heterocycles. The highest BCUT2D eigenvalue weighted by atomic mass is 16.4. The second kappa shape index (κ2) is 5.59. The molecule has 2 bridgehead atoms. The quantitative estimate of drug-likeness (QED) is 0.735. The Balaban J connectivity index is 1.70. The largest absolute Gasteiger partial charge is 0.481 e. The summed E-state index contributed by atoms with van der Waals surface area (Å²) in [4.78, 5) is 23.9. The van der Waals surface area contributed by atoms with Crippen LogP contribution in [0.25, 0.3) is 0 Å². The van der Waals surface area contributed by atoms with Crippen LogP contribution in [-0.4, -0.2) is 28.6 Å². The molecule has 118 valence electrons. The van der Waals surface area contributed by atoms with Crippen LogP contribution in [0, 0.1) is 17.8 Å². The second-order valence-corrected chi connectivity index (χ2v) is 7.34. The van der Waals surface area contributed by atoms with Gasteiger partial charge in [0.2, 0.25) is 5.91 Å². The SMILES string of the molecule is NC1C2CCC(C2)C1C(=O)NC1(CC(=O)O)CCCCC1. The molecule has 0 aliphatic heterocycles. The van der Waals surface area contributed by atoms with Crippen molar-refractivity contribution in [1.29, 1.82) is 0 Å². The van der Waals surface area contributed by atoms with E-state index in [4.69, 9.17) is 5.73 Å². The molecule has 3 fully saturated rings. The third kappa shape index (κ3) is 2.80. The second-order valence-electron chi connectivity index (χ2n) is 7.34. The van der Waals surface area contributed by atoms with Crippen LogP contribution >= 0.6 is 0 Å². The Labute approximate surface area is 125 Å². The van der Waals surface area contributed by atoms with Crippen LogP contribution < -0.4 is 11.1 Å². The molecule has 5 nitrogen and oxygen atoms in total. The molecule has 3 aliphatic rings. The van der Waals surface area contributed by atoms with Gasteiger partial charge in [-0.2, -0.15) is 0 Å². The van der Waals surface area contributed by atoms with Crippen molar-refractivity contribution in [3.05, 3.63) is 0 Å². The number of hydrogen-bond donors (Lipinski definition) is 3. The molecule has 4 unspecified atom stereocenters. The summed E-state index contributed by atoms with van der Waals surface area (Å²) in [6, 6.07) is -0.0331. The van der Waals surface area contributed by atoms with E-state index in [1.165, 1.54) is 0 Å². The molecule has 0 aromatic heterocycles. The first-order valence-corrected chi connectivity index (χ1v) is 8.30. The van der Waals surface area contributed by atoms with Crippen LogP contribution in [0.15, 0.2) is 0 Å². The minimum absolute atomic E-state index is 0.0119. The summed E-state index contributed by atoms with van der Waals surface area (Å²) < 4.78 is 0. The van der Waals surface area contributed by atoms with E-state index >= 15 is 0 Å². The molecular weight excluding hydrogens is 268 g/mol. The number of carboxylic acid groups (broad SMARTS) is 1. The molecule has 3 aliphatic carbocycles. The highest BCUT2D eigenvalue weighted by Gasteiger charge is 2.50. The minimum atomic E-state index is -0.825. The van der Waals surface area contributed by atoms with Gasteiger partial charge in [-0.15, -0.1) is 0 Å². The smallest absolute Gasteiger partial charge is 0.305 e. The minimum Gasteiger partial charge on any atom is -0.481 e. The van der Waals surface area contributed by atoms with Gasteiger partial charge >= 0.3 is 5.97 Å². The van der Waals surface area contributed by atoms with E-state index in [1.54, 1.807) is 0 Å². The van der Waals surface area contributed by atoms with Gasteiger partial charge in [0.25, 0.3) is 0 Å². The Morgan fingerprint density at radius 1 is 1.14 bits per heavy atom. The number of amides is 1. The molecule has 0 aromatic carbocycles. The molecule has 4 atom stereocenters. The predicted octanol–water partition coefficient (Wildman–Crippen LogP) is 1.65. The first kappa shape index (κ1) is 14.8. The van der Waals surface area contributed by atoms with Crippen molar-refractivity contribution in [3.8, 4) is 0 Å². The zero-order chi connectivity index (χ0) is 15.0. The molecule has 0 heterocycles. The molecular formula is C16H26N2O3. The Bertz CT molecular complexity index is 429. The maximum atomic E-state index is 12.7. The average molecular weight is 294 g/mol. The molecule has 0 spiro atoms. The van der Waals surface area contributed by atoms with Gasteiger partial charge in [0.05, 0.1) is 17.9 Å². The number of nitrogens with two attached hydrogens (primary N) is 1. The van der Waals surface area contributed by atoms with Crippen molar-refractivity contribution < 1.29 is 14.7 Å². The van der Waals surface area contributed by atoms with E-state index in [-0.39, 0.29) is 24.3 Å². The summed E-state index contributed by atoms with van der Waals surface area (Å²) in [6.45, 7) is 0. The average Bonchev–Trinajstić information content (AvgIpc) is 2.99. The number of hydrogen-bond acceptors (Lipinski definition) is 3. The normalized spacial score (nSPS) is 37.4. The van der Waals surface area contributed by atoms with Crippen LogP contribution in [0.3, 0.4) is 0 Å². The molecule has 21 heavy (non-hydrogen) atoms. The summed E-state index contributed by atoms with van der Waals surface area (Å²) in [5.74, 6) is -0.00774. The lowest BCUT2D eigenvalue weighted by molar-refractivity contribution is -0.140. The number of aliphatic carboxylic acids is 1. The Hall–Kier alpha value is -1.10. The van der Waals surface area contributed by atoms with Crippen molar-refractivity contribution in [3.63, 3.8) is 0 Å². The Kier molecular flexibility index (Phi) is 3.95. The molecule has 1 amide bonds. The zero-order valence-electron chi connectivity index (χ0n) is 12.5. The number of rotatable bonds is 4. The summed E-state index contributed by atoms with van der Waals surface area (Å²) in [6.07, 6.45) is 8.04. The predicted molar refractivity (Wildman–Crippen MR) is 78.5 cm³/mol. The fourth-order valence-corrected chi connectivity index (χ4v) is 4.93. The molecule has 3 saturated carbocycles. The van der Waals surface area contributed by atoms with Gasteiger partial charge in [-0.25, -0.2) is 0 Å². The molecule has 5 heteroatoms. The standard InChI is InChI=1S/C16H26N2O3/c17-14-11-5-4-10(8-11)13(14)15(21)18-16(9-12(19)20)6-2-1-3-7-16/h10-11,13-14H,1-9,17H2,(H,18,21)(H,19,20). The van der Waals surface area contributed by atoms with Crippen molar-refractivity contribution in [2.24, 2.45) is 23.5 Å². The van der Waals surface area contributed by atoms with Gasteiger partial charge in [0.15, 0.2) is 0 Å². The van der Waals surface area contributed by atoms with E-state index in [0.29, 0.717) is 11.8 Å². The monoisotopic (exact) mass is 294 g/mol. The number of carbonyl (C=O) groups is 2. The highest BCUT2D eigenvalue weighted by Crippen LogP contribution is 2.48. The van der Waals surface area contributed by atoms with Crippen LogP contribution in [0.2, 0.25) is 0 Å². The molecule has 0 radical (unpaired) electrons. The van der Waals surface area contributed by atoms with E-state index < -0.39 is 11.5 Å².